The number of ether oxygens (including phenoxy) is 2. The first kappa shape index (κ1) is 16.4. The molecule has 1 aliphatic heterocycles. The highest BCUT2D eigenvalue weighted by molar-refractivity contribution is 6.31. The fourth-order valence-corrected chi connectivity index (χ4v) is 2.22. The zero-order valence-corrected chi connectivity index (χ0v) is 12.9. The van der Waals surface area contributed by atoms with Gasteiger partial charge in [-0.15, -0.1) is 0 Å². The SMILES string of the molecule is CC1Oc2ccc(Oc3ncc(C(F)(F)F)cc3Cl)cc2NC1=O. The van der Waals surface area contributed by atoms with Crippen molar-refractivity contribution >= 4 is 23.2 Å². The van der Waals surface area contributed by atoms with Crippen LogP contribution >= 0.6 is 11.6 Å². The molecule has 2 heterocycles. The first-order valence-corrected chi connectivity index (χ1v) is 7.14. The summed E-state index contributed by atoms with van der Waals surface area (Å²) in [6.45, 7) is 1.61. The average molecular weight is 359 g/mol. The number of fused-ring (bicyclic) bond motifs is 1. The number of benzene rings is 1. The Labute approximate surface area is 139 Å². The van der Waals surface area contributed by atoms with E-state index in [1.807, 2.05) is 0 Å². The highest BCUT2D eigenvalue weighted by Gasteiger charge is 2.32. The second-order valence-electron chi connectivity index (χ2n) is 5.02. The molecule has 0 bridgehead atoms. The van der Waals surface area contributed by atoms with Gasteiger partial charge in [-0.2, -0.15) is 13.2 Å². The standard InChI is InChI=1S/C15H10ClF3N2O3/c1-7-13(22)21-11-5-9(2-3-12(11)23-7)24-14-10(16)4-8(6-20-14)15(17,18)19/h2-7H,1H3,(H,21,22). The molecule has 3 rings (SSSR count). The van der Waals surface area contributed by atoms with E-state index in [-0.39, 0.29) is 22.6 Å². The van der Waals surface area contributed by atoms with Crippen LogP contribution in [0.2, 0.25) is 5.02 Å². The maximum absolute atomic E-state index is 12.6. The first-order valence-electron chi connectivity index (χ1n) is 6.76. The number of pyridine rings is 1. The molecule has 1 atom stereocenters. The zero-order chi connectivity index (χ0) is 17.5. The number of carbonyl (C=O) groups excluding carboxylic acids is 1. The molecule has 2 aromatic rings. The first-order chi connectivity index (χ1) is 11.2. The fraction of sp³-hybridized carbons (Fsp3) is 0.200. The summed E-state index contributed by atoms with van der Waals surface area (Å²) in [4.78, 5) is 15.2. The normalized spacial score (nSPS) is 16.9. The van der Waals surface area contributed by atoms with Gasteiger partial charge in [0.1, 0.15) is 16.5 Å². The number of carbonyl (C=O) groups is 1. The van der Waals surface area contributed by atoms with Crippen LogP contribution in [0, 0.1) is 0 Å². The predicted molar refractivity (Wildman–Crippen MR) is 79.5 cm³/mol. The minimum atomic E-state index is -4.54. The van der Waals surface area contributed by atoms with Crippen molar-refractivity contribution in [3.05, 3.63) is 41.0 Å². The number of nitrogens with one attached hydrogen (secondary N) is 1. The Hall–Kier alpha value is -2.48. The summed E-state index contributed by atoms with van der Waals surface area (Å²) in [5, 5.41) is 2.35. The van der Waals surface area contributed by atoms with Gasteiger partial charge in [-0.1, -0.05) is 11.6 Å². The van der Waals surface area contributed by atoms with E-state index in [0.29, 0.717) is 17.6 Å². The van der Waals surface area contributed by atoms with Gasteiger partial charge in [-0.3, -0.25) is 4.79 Å². The van der Waals surface area contributed by atoms with Crippen LogP contribution in [0.25, 0.3) is 0 Å². The molecule has 1 aromatic carbocycles. The minimum absolute atomic E-state index is 0.180. The summed E-state index contributed by atoms with van der Waals surface area (Å²) in [5.41, 5.74) is -0.585. The van der Waals surface area contributed by atoms with E-state index in [1.54, 1.807) is 13.0 Å². The summed E-state index contributed by atoms with van der Waals surface area (Å²) in [6, 6.07) is 5.29. The van der Waals surface area contributed by atoms with Gasteiger partial charge in [-0.25, -0.2) is 4.98 Å². The lowest BCUT2D eigenvalue weighted by Crippen LogP contribution is -2.34. The summed E-state index contributed by atoms with van der Waals surface area (Å²) < 4.78 is 48.5. The van der Waals surface area contributed by atoms with Gasteiger partial charge < -0.3 is 14.8 Å². The molecule has 1 aliphatic rings. The van der Waals surface area contributed by atoms with Gasteiger partial charge in [0.2, 0.25) is 5.88 Å². The number of halogens is 4. The van der Waals surface area contributed by atoms with Gasteiger partial charge in [0, 0.05) is 12.3 Å². The Morgan fingerprint density at radius 1 is 1.33 bits per heavy atom. The van der Waals surface area contributed by atoms with Gasteiger partial charge >= 0.3 is 6.18 Å². The van der Waals surface area contributed by atoms with Gasteiger partial charge in [0.15, 0.2) is 6.10 Å². The third-order valence-electron chi connectivity index (χ3n) is 3.23. The number of alkyl halides is 3. The van der Waals surface area contributed by atoms with E-state index in [1.165, 1.54) is 12.1 Å². The number of hydrogen-bond donors (Lipinski definition) is 1. The molecule has 1 amide bonds. The third-order valence-corrected chi connectivity index (χ3v) is 3.50. The molecular formula is C15H10ClF3N2O3. The quantitative estimate of drug-likeness (QED) is 0.871. The summed E-state index contributed by atoms with van der Waals surface area (Å²) in [7, 11) is 0. The Kier molecular flexibility index (Phi) is 4.00. The van der Waals surface area contributed by atoms with Crippen molar-refractivity contribution in [3.8, 4) is 17.4 Å². The van der Waals surface area contributed by atoms with Crippen LogP contribution in [0.3, 0.4) is 0 Å². The van der Waals surface area contributed by atoms with Crippen LogP contribution in [0.15, 0.2) is 30.5 Å². The van der Waals surface area contributed by atoms with Gasteiger partial charge in [0.05, 0.1) is 11.3 Å². The molecule has 0 aliphatic carbocycles. The van der Waals surface area contributed by atoms with E-state index >= 15 is 0 Å². The molecule has 126 valence electrons. The molecule has 9 heteroatoms. The largest absolute Gasteiger partial charge is 0.479 e. The van der Waals surface area contributed by atoms with Crippen molar-refractivity contribution in [2.24, 2.45) is 0 Å². The second-order valence-corrected chi connectivity index (χ2v) is 5.43. The van der Waals surface area contributed by atoms with Crippen molar-refractivity contribution in [2.45, 2.75) is 19.2 Å². The molecule has 0 fully saturated rings. The van der Waals surface area contributed by atoms with Crippen LogP contribution in [0.4, 0.5) is 18.9 Å². The van der Waals surface area contributed by atoms with E-state index in [0.717, 1.165) is 6.07 Å². The van der Waals surface area contributed by atoms with E-state index in [9.17, 15) is 18.0 Å². The zero-order valence-electron chi connectivity index (χ0n) is 12.1. The predicted octanol–water partition coefficient (Wildman–Crippen LogP) is 4.27. The summed E-state index contributed by atoms with van der Waals surface area (Å²) in [6.07, 6.45) is -4.53. The Morgan fingerprint density at radius 3 is 2.75 bits per heavy atom. The van der Waals surface area contributed by atoms with Crippen molar-refractivity contribution in [1.29, 1.82) is 0 Å². The van der Waals surface area contributed by atoms with Crippen molar-refractivity contribution in [2.75, 3.05) is 5.32 Å². The maximum Gasteiger partial charge on any atom is 0.417 e. The van der Waals surface area contributed by atoms with Gasteiger partial charge in [0.25, 0.3) is 5.91 Å². The molecule has 1 N–H and O–H groups in total. The highest BCUT2D eigenvalue weighted by Crippen LogP contribution is 2.37. The number of hydrogen-bond acceptors (Lipinski definition) is 4. The maximum atomic E-state index is 12.6. The number of rotatable bonds is 2. The number of amides is 1. The summed E-state index contributed by atoms with van der Waals surface area (Å²) in [5.74, 6) is 0.202. The lowest BCUT2D eigenvalue weighted by molar-refractivity contribution is -0.137. The molecule has 1 aromatic heterocycles. The Morgan fingerprint density at radius 2 is 2.08 bits per heavy atom. The van der Waals surface area contributed by atoms with E-state index in [4.69, 9.17) is 21.1 Å². The van der Waals surface area contributed by atoms with Crippen molar-refractivity contribution < 1.29 is 27.4 Å². The smallest absolute Gasteiger partial charge is 0.417 e. The monoisotopic (exact) mass is 358 g/mol. The van der Waals surface area contributed by atoms with Crippen LogP contribution in [-0.2, 0) is 11.0 Å². The van der Waals surface area contributed by atoms with Crippen LogP contribution in [-0.4, -0.2) is 17.0 Å². The summed E-state index contributed by atoms with van der Waals surface area (Å²) >= 11 is 5.79. The van der Waals surface area contributed by atoms with E-state index < -0.39 is 17.8 Å². The number of anilines is 1. The lowest BCUT2D eigenvalue weighted by Gasteiger charge is -2.23. The fourth-order valence-electron chi connectivity index (χ4n) is 2.02. The number of nitrogens with zero attached hydrogens (tertiary/aromatic N) is 1. The second kappa shape index (κ2) is 5.86. The minimum Gasteiger partial charge on any atom is -0.479 e. The topological polar surface area (TPSA) is 60.5 Å². The van der Waals surface area contributed by atoms with Crippen molar-refractivity contribution in [3.63, 3.8) is 0 Å². The lowest BCUT2D eigenvalue weighted by atomic mass is 10.2. The number of aromatic nitrogens is 1. The Balaban J connectivity index is 1.85. The third kappa shape index (κ3) is 3.23. The molecule has 0 saturated carbocycles. The molecular weight excluding hydrogens is 349 g/mol. The molecule has 0 saturated heterocycles. The molecule has 0 radical (unpaired) electrons. The average Bonchev–Trinajstić information content (AvgIpc) is 2.49. The Bertz CT molecular complexity index is 811. The highest BCUT2D eigenvalue weighted by atomic mass is 35.5. The van der Waals surface area contributed by atoms with E-state index in [2.05, 4.69) is 10.3 Å². The molecule has 1 unspecified atom stereocenters. The van der Waals surface area contributed by atoms with Gasteiger partial charge in [-0.05, 0) is 25.1 Å². The van der Waals surface area contributed by atoms with Crippen LogP contribution in [0.5, 0.6) is 17.4 Å². The molecule has 0 spiro atoms. The molecule has 5 nitrogen and oxygen atoms in total. The molecule has 24 heavy (non-hydrogen) atoms. The van der Waals surface area contributed by atoms with Crippen LogP contribution < -0.4 is 14.8 Å². The van der Waals surface area contributed by atoms with Crippen molar-refractivity contribution in [1.82, 2.24) is 4.98 Å². The van der Waals surface area contributed by atoms with Crippen LogP contribution in [0.1, 0.15) is 12.5 Å².